The van der Waals surface area contributed by atoms with Gasteiger partial charge < -0.3 is 29.4 Å². The van der Waals surface area contributed by atoms with Gasteiger partial charge in [0, 0.05) is 6.07 Å². The predicted octanol–water partition coefficient (Wildman–Crippen LogP) is 8.27. The Kier molecular flexibility index (Phi) is 13.5. The molecule has 0 atom stereocenters. The molecule has 0 aliphatic carbocycles. The zero-order valence-electron chi connectivity index (χ0n) is 26.7. The average molecular weight is 626 g/mol. The highest BCUT2D eigenvalue weighted by Crippen LogP contribution is 2.29. The lowest BCUT2D eigenvalue weighted by Gasteiger charge is -2.14. The highest BCUT2D eigenvalue weighted by Gasteiger charge is 2.17. The van der Waals surface area contributed by atoms with Gasteiger partial charge in [0.25, 0.3) is 0 Å². The van der Waals surface area contributed by atoms with E-state index >= 15 is 0 Å². The average Bonchev–Trinajstić information content (AvgIpc) is 3.09. The fraction of sp³-hybridized carbons (Fsp3) is 0.316. The van der Waals surface area contributed by atoms with Crippen LogP contribution in [0.4, 0.5) is 0 Å². The quantitative estimate of drug-likeness (QED) is 0.0669. The number of nitrogens with two attached hydrogens (primary N) is 1. The predicted molar refractivity (Wildman–Crippen MR) is 179 cm³/mol. The third-order valence-corrected chi connectivity index (χ3v) is 7.33. The van der Waals surface area contributed by atoms with Gasteiger partial charge in [0.05, 0.1) is 25.9 Å². The van der Waals surface area contributed by atoms with E-state index in [0.29, 0.717) is 66.1 Å². The summed E-state index contributed by atoms with van der Waals surface area (Å²) in [6, 6.07) is 26.3. The van der Waals surface area contributed by atoms with Crippen molar-refractivity contribution in [3.8, 4) is 39.9 Å². The van der Waals surface area contributed by atoms with Gasteiger partial charge in [0.15, 0.2) is 0 Å². The van der Waals surface area contributed by atoms with Crippen molar-refractivity contribution in [3.63, 3.8) is 0 Å². The Balaban J connectivity index is 1.34. The minimum atomic E-state index is -0.527. The molecule has 0 saturated heterocycles. The van der Waals surface area contributed by atoms with Gasteiger partial charge in [-0.15, -0.1) is 0 Å². The first kappa shape index (κ1) is 34.1. The van der Waals surface area contributed by atoms with Crippen molar-refractivity contribution < 1.29 is 33.3 Å². The summed E-state index contributed by atoms with van der Waals surface area (Å²) < 4.78 is 28.2. The molecule has 0 aliphatic heterocycles. The summed E-state index contributed by atoms with van der Waals surface area (Å²) in [7, 11) is 1.57. The van der Waals surface area contributed by atoms with E-state index in [9.17, 15) is 9.59 Å². The molecule has 0 bridgehead atoms. The molecule has 0 aliphatic rings. The molecule has 0 saturated carbocycles. The van der Waals surface area contributed by atoms with Crippen molar-refractivity contribution in [2.75, 3.05) is 26.9 Å². The van der Waals surface area contributed by atoms with Crippen LogP contribution >= 0.6 is 0 Å². The Morgan fingerprint density at radius 1 is 0.587 bits per heavy atom. The van der Waals surface area contributed by atoms with Crippen LogP contribution in [0.2, 0.25) is 0 Å². The standard InChI is InChI=1S/C38H43NO7/c1-3-4-5-6-7-8-25-43-34-22-23-35(36(27-34)44-26-9-24-39)38(41)46-33-20-12-29(13-21-33)28-10-18-32(19-11-28)45-37(40)30-14-16-31(42-2)17-15-30/h10-23,27H,3-9,24-26,39H2,1-2H3. The zero-order chi connectivity index (χ0) is 32.6. The number of carbonyl (C=O) groups is 2. The largest absolute Gasteiger partial charge is 0.497 e. The molecule has 4 aromatic rings. The van der Waals surface area contributed by atoms with Gasteiger partial charge in [-0.3, -0.25) is 0 Å². The van der Waals surface area contributed by atoms with Gasteiger partial charge in [-0.2, -0.15) is 0 Å². The number of hydrogen-bond donors (Lipinski definition) is 1. The highest BCUT2D eigenvalue weighted by molar-refractivity contribution is 5.94. The number of methoxy groups -OCH3 is 1. The monoisotopic (exact) mass is 625 g/mol. The first-order chi connectivity index (χ1) is 22.5. The molecule has 0 fully saturated rings. The van der Waals surface area contributed by atoms with E-state index in [1.807, 2.05) is 24.3 Å². The van der Waals surface area contributed by atoms with Crippen molar-refractivity contribution in [1.82, 2.24) is 0 Å². The molecule has 4 aromatic carbocycles. The van der Waals surface area contributed by atoms with Crippen LogP contribution < -0.4 is 29.4 Å². The molecule has 0 heterocycles. The van der Waals surface area contributed by atoms with Gasteiger partial charge in [-0.25, -0.2) is 9.59 Å². The second-order valence-electron chi connectivity index (χ2n) is 10.8. The molecular formula is C38H43NO7. The zero-order valence-corrected chi connectivity index (χ0v) is 26.7. The maximum absolute atomic E-state index is 13.2. The number of benzene rings is 4. The molecule has 8 nitrogen and oxygen atoms in total. The summed E-state index contributed by atoms with van der Waals surface area (Å²) in [5.41, 5.74) is 8.20. The maximum Gasteiger partial charge on any atom is 0.347 e. The van der Waals surface area contributed by atoms with Crippen LogP contribution in [0.25, 0.3) is 11.1 Å². The Hall–Kier alpha value is -4.82. The summed E-state index contributed by atoms with van der Waals surface area (Å²) in [5.74, 6) is 1.57. The van der Waals surface area contributed by atoms with Crippen molar-refractivity contribution in [1.29, 1.82) is 0 Å². The van der Waals surface area contributed by atoms with Crippen LogP contribution in [-0.2, 0) is 0 Å². The fourth-order valence-electron chi connectivity index (χ4n) is 4.70. The second-order valence-corrected chi connectivity index (χ2v) is 10.8. The Bertz CT molecular complexity index is 1520. The van der Waals surface area contributed by atoms with E-state index in [-0.39, 0.29) is 0 Å². The molecule has 0 aromatic heterocycles. The van der Waals surface area contributed by atoms with Gasteiger partial charge in [0.1, 0.15) is 34.3 Å². The SMILES string of the molecule is CCCCCCCCOc1ccc(C(=O)Oc2ccc(-c3ccc(OC(=O)c4ccc(OC)cc4)cc3)cc2)c(OCCCN)c1. The number of hydrogen-bond acceptors (Lipinski definition) is 8. The normalized spacial score (nSPS) is 10.7. The van der Waals surface area contributed by atoms with Crippen LogP contribution in [-0.4, -0.2) is 38.8 Å². The van der Waals surface area contributed by atoms with Crippen molar-refractivity contribution in [2.45, 2.75) is 51.9 Å². The van der Waals surface area contributed by atoms with Gasteiger partial charge >= 0.3 is 11.9 Å². The van der Waals surface area contributed by atoms with Crippen LogP contribution in [0.5, 0.6) is 28.7 Å². The molecule has 2 N–H and O–H groups in total. The van der Waals surface area contributed by atoms with E-state index in [1.165, 1.54) is 25.7 Å². The lowest BCUT2D eigenvalue weighted by atomic mass is 10.1. The third-order valence-electron chi connectivity index (χ3n) is 7.33. The van der Waals surface area contributed by atoms with Crippen molar-refractivity contribution in [3.05, 3.63) is 102 Å². The fourth-order valence-corrected chi connectivity index (χ4v) is 4.70. The molecule has 242 valence electrons. The number of rotatable bonds is 18. The van der Waals surface area contributed by atoms with Crippen LogP contribution in [0.1, 0.15) is 72.6 Å². The van der Waals surface area contributed by atoms with E-state index in [4.69, 9.17) is 29.4 Å². The first-order valence-electron chi connectivity index (χ1n) is 15.9. The molecule has 8 heteroatoms. The molecule has 0 radical (unpaired) electrons. The van der Waals surface area contributed by atoms with Gasteiger partial charge in [0.2, 0.25) is 0 Å². The maximum atomic E-state index is 13.2. The van der Waals surface area contributed by atoms with Crippen LogP contribution in [0.15, 0.2) is 91.0 Å². The van der Waals surface area contributed by atoms with Crippen LogP contribution in [0.3, 0.4) is 0 Å². The Morgan fingerprint density at radius 2 is 1.13 bits per heavy atom. The van der Waals surface area contributed by atoms with E-state index in [1.54, 1.807) is 73.8 Å². The number of carbonyl (C=O) groups excluding carboxylic acids is 2. The molecule has 0 amide bonds. The second kappa shape index (κ2) is 18.2. The first-order valence-corrected chi connectivity index (χ1v) is 15.9. The molecule has 0 unspecified atom stereocenters. The number of unbranched alkanes of at least 4 members (excludes halogenated alkanes) is 5. The summed E-state index contributed by atoms with van der Waals surface area (Å²) in [4.78, 5) is 25.6. The smallest absolute Gasteiger partial charge is 0.347 e. The molecular weight excluding hydrogens is 582 g/mol. The topological polar surface area (TPSA) is 106 Å². The Morgan fingerprint density at radius 3 is 1.74 bits per heavy atom. The summed E-state index contributed by atoms with van der Waals surface area (Å²) in [5, 5.41) is 0. The van der Waals surface area contributed by atoms with Crippen LogP contribution in [0, 0.1) is 0 Å². The lowest BCUT2D eigenvalue weighted by Crippen LogP contribution is -2.13. The van der Waals surface area contributed by atoms with Crippen molar-refractivity contribution in [2.24, 2.45) is 5.73 Å². The third kappa shape index (κ3) is 10.4. The minimum absolute atomic E-state index is 0.313. The van der Waals surface area contributed by atoms with E-state index < -0.39 is 11.9 Å². The lowest BCUT2D eigenvalue weighted by molar-refractivity contribution is 0.0722. The summed E-state index contributed by atoms with van der Waals surface area (Å²) in [6.45, 7) is 3.69. The van der Waals surface area contributed by atoms with Gasteiger partial charge in [-0.05, 0) is 91.2 Å². The highest BCUT2D eigenvalue weighted by atomic mass is 16.5. The molecule has 0 spiro atoms. The minimum Gasteiger partial charge on any atom is -0.497 e. The van der Waals surface area contributed by atoms with E-state index in [0.717, 1.165) is 24.0 Å². The Labute approximate surface area is 271 Å². The summed E-state index contributed by atoms with van der Waals surface area (Å²) in [6.07, 6.45) is 7.74. The molecule has 4 rings (SSSR count). The molecule has 46 heavy (non-hydrogen) atoms. The van der Waals surface area contributed by atoms with E-state index in [2.05, 4.69) is 6.92 Å². The number of esters is 2. The summed E-state index contributed by atoms with van der Waals surface area (Å²) >= 11 is 0. The van der Waals surface area contributed by atoms with Gasteiger partial charge in [-0.1, -0.05) is 63.3 Å². The van der Waals surface area contributed by atoms with Crippen molar-refractivity contribution >= 4 is 11.9 Å². The number of ether oxygens (including phenoxy) is 5.